The molecule has 4 N–H and O–H groups in total. The lowest BCUT2D eigenvalue weighted by atomic mass is 10.1. The number of aromatic nitrogens is 3. The van der Waals surface area contributed by atoms with Crippen LogP contribution >= 0.6 is 0 Å². The van der Waals surface area contributed by atoms with E-state index >= 15 is 0 Å². The number of hydrogen-bond acceptors (Lipinski definition) is 6. The first-order valence-electron chi connectivity index (χ1n) is 11.6. The average Bonchev–Trinajstić information content (AvgIpc) is 3.23. The molecular weight excluding hydrogens is 444 g/mol. The number of nitrogens with two attached hydrogens (primary N) is 1. The Kier molecular flexibility index (Phi) is 12.0. The van der Waals surface area contributed by atoms with E-state index in [2.05, 4.69) is 20.7 Å². The monoisotopic (exact) mass is 482 g/mol. The molecule has 9 heteroatoms. The molecule has 1 atom stereocenters. The number of pyridine rings is 1. The summed E-state index contributed by atoms with van der Waals surface area (Å²) in [4.78, 5) is 28.2. The second-order valence-corrected chi connectivity index (χ2v) is 8.51. The second kappa shape index (κ2) is 14.4. The Morgan fingerprint density at radius 1 is 1.06 bits per heavy atom. The highest BCUT2D eigenvalue weighted by atomic mass is 16.6. The molecule has 1 aromatic carbocycles. The highest BCUT2D eigenvalue weighted by molar-refractivity contribution is 5.94. The van der Waals surface area contributed by atoms with E-state index in [1.807, 2.05) is 63.5 Å². The summed E-state index contributed by atoms with van der Waals surface area (Å²) in [5.41, 5.74) is 7.32. The lowest BCUT2D eigenvalue weighted by Gasteiger charge is -2.21. The van der Waals surface area contributed by atoms with E-state index in [0.29, 0.717) is 5.69 Å². The van der Waals surface area contributed by atoms with Gasteiger partial charge in [-0.2, -0.15) is 5.10 Å². The normalized spacial score (nSPS) is 11.1. The van der Waals surface area contributed by atoms with Crippen molar-refractivity contribution in [1.29, 1.82) is 0 Å². The van der Waals surface area contributed by atoms with Gasteiger partial charge < -0.3 is 21.1 Å². The van der Waals surface area contributed by atoms with Crippen LogP contribution in [-0.4, -0.2) is 38.4 Å². The highest BCUT2D eigenvalue weighted by Crippen LogP contribution is 2.25. The van der Waals surface area contributed by atoms with Crippen LogP contribution < -0.4 is 16.4 Å². The molecule has 9 nitrogen and oxygen atoms in total. The lowest BCUT2D eigenvalue weighted by molar-refractivity contribution is -0.116. The van der Waals surface area contributed by atoms with Crippen LogP contribution in [0, 0.1) is 0 Å². The molecule has 0 fully saturated rings. The Hall–Kier alpha value is -3.88. The quantitative estimate of drug-likeness (QED) is 0.469. The number of aryl methyl sites for hydroxylation is 1. The van der Waals surface area contributed by atoms with Gasteiger partial charge in [-0.05, 0) is 33.8 Å². The molecule has 0 aliphatic rings. The second-order valence-electron chi connectivity index (χ2n) is 8.51. The molecule has 0 spiro atoms. The number of benzene rings is 1. The Balaban J connectivity index is 0.000000654. The van der Waals surface area contributed by atoms with Crippen LogP contribution in [0.2, 0.25) is 0 Å². The maximum atomic E-state index is 12.3. The molecule has 0 aliphatic heterocycles. The fourth-order valence-electron chi connectivity index (χ4n) is 2.73. The minimum absolute atomic E-state index is 0.0653. The molecule has 2 aromatic heterocycles. The number of nitrogens with one attached hydrogen (secondary N) is 2. The standard InChI is InChI=1S/C18H26N6O3.C6H6.C2H6/c1-11(22-17(26)27-18(2,3)4)6-15(25)23-14-7-12(8-20-16(14)19)13-9-21-24(5)10-13;1-2-4-6-5-3-1;1-2/h7-11H,6H2,1-5H3,(H2,19,20)(H,22,26)(H,23,25);1-6H;1-2H3/t11-;;/m0../s1. The molecule has 2 heterocycles. The number of alkyl carbamates (subject to hydrolysis) is 1. The molecule has 2 amide bonds. The summed E-state index contributed by atoms with van der Waals surface area (Å²) in [6.45, 7) is 11.0. The number of nitrogen functional groups attached to an aromatic ring is 1. The summed E-state index contributed by atoms with van der Waals surface area (Å²) in [6, 6.07) is 13.3. The predicted molar refractivity (Wildman–Crippen MR) is 141 cm³/mol. The number of ether oxygens (including phenoxy) is 1. The molecule has 0 radical (unpaired) electrons. The third-order valence-corrected chi connectivity index (χ3v) is 4.15. The van der Waals surface area contributed by atoms with Crippen LogP contribution in [0.5, 0.6) is 0 Å². The zero-order valence-corrected chi connectivity index (χ0v) is 21.7. The minimum atomic E-state index is -0.598. The van der Waals surface area contributed by atoms with Gasteiger partial charge in [0.25, 0.3) is 0 Å². The summed E-state index contributed by atoms with van der Waals surface area (Å²) in [5.74, 6) is -0.0841. The van der Waals surface area contributed by atoms with Crippen molar-refractivity contribution in [3.8, 4) is 11.1 Å². The molecule has 3 aromatic rings. The van der Waals surface area contributed by atoms with Crippen molar-refractivity contribution in [2.45, 2.75) is 59.6 Å². The summed E-state index contributed by atoms with van der Waals surface area (Å²) in [7, 11) is 1.82. The summed E-state index contributed by atoms with van der Waals surface area (Å²) >= 11 is 0. The summed E-state index contributed by atoms with van der Waals surface area (Å²) < 4.78 is 6.85. The number of anilines is 2. The van der Waals surface area contributed by atoms with Gasteiger partial charge in [-0.25, -0.2) is 9.78 Å². The van der Waals surface area contributed by atoms with E-state index < -0.39 is 17.7 Å². The Labute approximate surface area is 208 Å². The first-order chi connectivity index (χ1) is 16.5. The van der Waals surface area contributed by atoms with E-state index in [9.17, 15) is 9.59 Å². The lowest BCUT2D eigenvalue weighted by Crippen LogP contribution is -2.39. The van der Waals surface area contributed by atoms with Crippen LogP contribution in [0.25, 0.3) is 11.1 Å². The number of carbonyl (C=O) groups is 2. The van der Waals surface area contributed by atoms with E-state index in [4.69, 9.17) is 10.5 Å². The molecule has 35 heavy (non-hydrogen) atoms. The van der Waals surface area contributed by atoms with Gasteiger partial charge >= 0.3 is 6.09 Å². The van der Waals surface area contributed by atoms with Crippen molar-refractivity contribution < 1.29 is 14.3 Å². The van der Waals surface area contributed by atoms with Crippen LogP contribution in [0.3, 0.4) is 0 Å². The largest absolute Gasteiger partial charge is 0.444 e. The minimum Gasteiger partial charge on any atom is -0.444 e. The van der Waals surface area contributed by atoms with Gasteiger partial charge in [-0.3, -0.25) is 9.48 Å². The maximum absolute atomic E-state index is 12.3. The Morgan fingerprint density at radius 2 is 1.63 bits per heavy atom. The highest BCUT2D eigenvalue weighted by Gasteiger charge is 2.19. The molecule has 190 valence electrons. The number of carbonyl (C=O) groups excluding carboxylic acids is 2. The van der Waals surface area contributed by atoms with Crippen LogP contribution in [-0.2, 0) is 16.6 Å². The number of nitrogens with zero attached hydrogens (tertiary/aromatic N) is 3. The van der Waals surface area contributed by atoms with Gasteiger partial charge in [-0.15, -0.1) is 0 Å². The smallest absolute Gasteiger partial charge is 0.407 e. The number of amides is 2. The molecule has 0 unspecified atom stereocenters. The zero-order valence-electron chi connectivity index (χ0n) is 21.7. The summed E-state index contributed by atoms with van der Waals surface area (Å²) in [5, 5.41) is 9.48. The van der Waals surface area contributed by atoms with E-state index in [0.717, 1.165) is 11.1 Å². The SMILES string of the molecule is CC.C[C@@H](CC(=O)Nc1cc(-c2cnn(C)c2)cnc1N)NC(=O)OC(C)(C)C.c1ccccc1. The molecule has 0 saturated heterocycles. The fraction of sp³-hybridized carbons (Fsp3) is 0.385. The van der Waals surface area contributed by atoms with Gasteiger partial charge in [0.15, 0.2) is 0 Å². The predicted octanol–water partition coefficient (Wildman–Crippen LogP) is 5.02. The maximum Gasteiger partial charge on any atom is 0.407 e. The fourth-order valence-corrected chi connectivity index (χ4v) is 2.73. The average molecular weight is 483 g/mol. The molecule has 3 rings (SSSR count). The van der Waals surface area contributed by atoms with E-state index in [1.165, 1.54) is 0 Å². The van der Waals surface area contributed by atoms with E-state index in [-0.39, 0.29) is 18.1 Å². The molecule has 0 saturated carbocycles. The van der Waals surface area contributed by atoms with Gasteiger partial charge in [0.2, 0.25) is 5.91 Å². The zero-order chi connectivity index (χ0) is 26.4. The van der Waals surface area contributed by atoms with E-state index in [1.54, 1.807) is 50.8 Å². The first kappa shape index (κ1) is 29.2. The summed E-state index contributed by atoms with van der Waals surface area (Å²) in [6.07, 6.45) is 4.66. The third-order valence-electron chi connectivity index (χ3n) is 4.15. The van der Waals surface area contributed by atoms with Crippen LogP contribution in [0.1, 0.15) is 48.0 Å². The van der Waals surface area contributed by atoms with Crippen molar-refractivity contribution in [3.05, 3.63) is 61.1 Å². The molecular formula is C26H38N6O3. The Morgan fingerprint density at radius 3 is 2.11 bits per heavy atom. The van der Waals surface area contributed by atoms with Gasteiger partial charge in [0.05, 0.1) is 11.9 Å². The van der Waals surface area contributed by atoms with Crippen molar-refractivity contribution in [3.63, 3.8) is 0 Å². The van der Waals surface area contributed by atoms with Gasteiger partial charge in [0, 0.05) is 43.0 Å². The first-order valence-corrected chi connectivity index (χ1v) is 11.6. The van der Waals surface area contributed by atoms with Crippen molar-refractivity contribution >= 4 is 23.5 Å². The van der Waals surface area contributed by atoms with Crippen molar-refractivity contribution in [1.82, 2.24) is 20.1 Å². The van der Waals surface area contributed by atoms with Crippen molar-refractivity contribution in [2.24, 2.45) is 7.05 Å². The van der Waals surface area contributed by atoms with Crippen LogP contribution in [0.15, 0.2) is 61.1 Å². The number of rotatable bonds is 5. The van der Waals surface area contributed by atoms with Crippen molar-refractivity contribution in [2.75, 3.05) is 11.1 Å². The van der Waals surface area contributed by atoms with Crippen LogP contribution in [0.4, 0.5) is 16.3 Å². The van der Waals surface area contributed by atoms with Gasteiger partial charge in [-0.1, -0.05) is 50.2 Å². The molecule has 0 bridgehead atoms. The topological polar surface area (TPSA) is 124 Å². The molecule has 0 aliphatic carbocycles. The Bertz CT molecular complexity index is 1020. The third kappa shape index (κ3) is 11.7. The number of hydrogen-bond donors (Lipinski definition) is 3. The van der Waals surface area contributed by atoms with Gasteiger partial charge in [0.1, 0.15) is 11.4 Å².